The van der Waals surface area contributed by atoms with Crippen LogP contribution in [0.15, 0.2) is 30.6 Å². The van der Waals surface area contributed by atoms with E-state index in [2.05, 4.69) is 9.97 Å². The van der Waals surface area contributed by atoms with Crippen molar-refractivity contribution in [2.45, 2.75) is 32.2 Å². The first-order valence-electron chi connectivity index (χ1n) is 6.58. The van der Waals surface area contributed by atoms with Gasteiger partial charge in [-0.25, -0.2) is 14.4 Å². The summed E-state index contributed by atoms with van der Waals surface area (Å²) in [6.07, 6.45) is 5.49. The Morgan fingerprint density at radius 1 is 1.30 bits per heavy atom. The molecule has 1 unspecified atom stereocenters. The maximum absolute atomic E-state index is 13.8. The molecule has 1 atom stereocenters. The second-order valence-electron chi connectivity index (χ2n) is 4.77. The van der Waals surface area contributed by atoms with E-state index in [9.17, 15) is 4.39 Å². The van der Waals surface area contributed by atoms with E-state index in [0.717, 1.165) is 18.4 Å². The van der Waals surface area contributed by atoms with Crippen LogP contribution in [0.25, 0.3) is 0 Å². The zero-order chi connectivity index (χ0) is 14.5. The van der Waals surface area contributed by atoms with Gasteiger partial charge in [0.1, 0.15) is 11.6 Å². The fourth-order valence-electron chi connectivity index (χ4n) is 1.88. The summed E-state index contributed by atoms with van der Waals surface area (Å²) in [4.78, 5) is 8.51. The lowest BCUT2D eigenvalue weighted by atomic mass is 10.1. The van der Waals surface area contributed by atoms with Gasteiger partial charge in [-0.05, 0) is 30.0 Å². The maximum atomic E-state index is 13.8. The first-order chi connectivity index (χ1) is 9.60. The lowest BCUT2D eigenvalue weighted by Crippen LogP contribution is -2.21. The van der Waals surface area contributed by atoms with Crippen molar-refractivity contribution in [3.63, 3.8) is 0 Å². The van der Waals surface area contributed by atoms with Crippen LogP contribution in [0.3, 0.4) is 0 Å². The molecule has 0 amide bonds. The molecule has 0 saturated carbocycles. The number of benzene rings is 1. The average Bonchev–Trinajstić information content (AvgIpc) is 2.46. The van der Waals surface area contributed by atoms with Crippen LogP contribution in [-0.2, 0) is 12.8 Å². The van der Waals surface area contributed by atoms with E-state index in [1.54, 1.807) is 24.5 Å². The molecule has 0 aliphatic carbocycles. The van der Waals surface area contributed by atoms with Crippen LogP contribution in [0.1, 0.15) is 30.3 Å². The van der Waals surface area contributed by atoms with Crippen molar-refractivity contribution in [1.82, 2.24) is 9.97 Å². The van der Waals surface area contributed by atoms with E-state index >= 15 is 0 Å². The van der Waals surface area contributed by atoms with Crippen LogP contribution in [0.2, 0.25) is 5.02 Å². The highest BCUT2D eigenvalue weighted by Crippen LogP contribution is 2.19. The van der Waals surface area contributed by atoms with Crippen molar-refractivity contribution < 1.29 is 4.39 Å². The van der Waals surface area contributed by atoms with E-state index in [-0.39, 0.29) is 11.1 Å². The Morgan fingerprint density at radius 2 is 2.00 bits per heavy atom. The molecule has 0 bridgehead atoms. The Balaban J connectivity index is 2.09. The monoisotopic (exact) mass is 293 g/mol. The van der Waals surface area contributed by atoms with Crippen LogP contribution in [-0.4, -0.2) is 16.0 Å². The molecule has 2 aromatic rings. The second kappa shape index (κ2) is 6.77. The van der Waals surface area contributed by atoms with E-state index in [1.165, 1.54) is 6.07 Å². The van der Waals surface area contributed by atoms with Gasteiger partial charge in [-0.3, -0.25) is 0 Å². The van der Waals surface area contributed by atoms with E-state index in [4.69, 9.17) is 17.3 Å². The molecule has 3 nitrogen and oxygen atoms in total. The molecule has 20 heavy (non-hydrogen) atoms. The number of nitrogens with zero attached hydrogens (tertiary/aromatic N) is 2. The SMILES string of the molecule is CCC(N)Cc1cnc(Cc2cccc(Cl)c2F)nc1. The molecule has 106 valence electrons. The van der Waals surface area contributed by atoms with Crippen molar-refractivity contribution in [2.75, 3.05) is 0 Å². The lowest BCUT2D eigenvalue weighted by Gasteiger charge is -2.08. The van der Waals surface area contributed by atoms with Gasteiger partial charge in [-0.15, -0.1) is 0 Å². The fraction of sp³-hybridized carbons (Fsp3) is 0.333. The Hall–Kier alpha value is -1.52. The Kier molecular flexibility index (Phi) is 5.04. The second-order valence-corrected chi connectivity index (χ2v) is 5.18. The van der Waals surface area contributed by atoms with Crippen molar-refractivity contribution in [3.8, 4) is 0 Å². The van der Waals surface area contributed by atoms with Gasteiger partial charge in [0.05, 0.1) is 5.02 Å². The van der Waals surface area contributed by atoms with Crippen LogP contribution < -0.4 is 5.73 Å². The van der Waals surface area contributed by atoms with Gasteiger partial charge in [0.25, 0.3) is 0 Å². The molecule has 0 aliphatic heterocycles. The number of halogens is 2. The van der Waals surface area contributed by atoms with Gasteiger partial charge in [0.15, 0.2) is 0 Å². The summed E-state index contributed by atoms with van der Waals surface area (Å²) in [5.74, 6) is 0.162. The van der Waals surface area contributed by atoms with Gasteiger partial charge >= 0.3 is 0 Å². The zero-order valence-corrected chi connectivity index (χ0v) is 12.1. The minimum Gasteiger partial charge on any atom is -0.327 e. The smallest absolute Gasteiger partial charge is 0.145 e. The highest BCUT2D eigenvalue weighted by atomic mass is 35.5. The molecule has 2 rings (SSSR count). The van der Waals surface area contributed by atoms with Gasteiger partial charge in [0, 0.05) is 24.9 Å². The van der Waals surface area contributed by atoms with Crippen molar-refractivity contribution in [2.24, 2.45) is 5.73 Å². The summed E-state index contributed by atoms with van der Waals surface area (Å²) in [6.45, 7) is 2.04. The zero-order valence-electron chi connectivity index (χ0n) is 11.3. The summed E-state index contributed by atoms with van der Waals surface area (Å²) < 4.78 is 13.8. The fourth-order valence-corrected chi connectivity index (χ4v) is 2.07. The molecule has 0 aliphatic rings. The molecule has 5 heteroatoms. The first-order valence-corrected chi connectivity index (χ1v) is 6.96. The van der Waals surface area contributed by atoms with E-state index < -0.39 is 5.82 Å². The predicted molar refractivity (Wildman–Crippen MR) is 78.2 cm³/mol. The predicted octanol–water partition coefficient (Wildman–Crippen LogP) is 3.14. The number of hydrogen-bond donors (Lipinski definition) is 1. The highest BCUT2D eigenvalue weighted by molar-refractivity contribution is 6.30. The molecular formula is C15H17ClFN3. The maximum Gasteiger partial charge on any atom is 0.145 e. The molecule has 0 spiro atoms. The van der Waals surface area contributed by atoms with Gasteiger partial charge < -0.3 is 5.73 Å². The summed E-state index contributed by atoms with van der Waals surface area (Å²) in [5.41, 5.74) is 7.37. The minimum atomic E-state index is -0.408. The Labute approximate surface area is 123 Å². The summed E-state index contributed by atoms with van der Waals surface area (Å²) in [7, 11) is 0. The van der Waals surface area contributed by atoms with E-state index in [1.807, 2.05) is 6.92 Å². The third kappa shape index (κ3) is 3.74. The third-order valence-corrected chi connectivity index (χ3v) is 3.45. The van der Waals surface area contributed by atoms with Gasteiger partial charge in [-0.2, -0.15) is 0 Å². The third-order valence-electron chi connectivity index (χ3n) is 3.16. The molecule has 0 saturated heterocycles. The molecule has 0 radical (unpaired) electrons. The number of rotatable bonds is 5. The molecule has 1 aromatic carbocycles. The Bertz CT molecular complexity index is 572. The quantitative estimate of drug-likeness (QED) is 0.921. The van der Waals surface area contributed by atoms with Crippen molar-refractivity contribution in [1.29, 1.82) is 0 Å². The number of aromatic nitrogens is 2. The minimum absolute atomic E-state index is 0.119. The summed E-state index contributed by atoms with van der Waals surface area (Å²) in [6, 6.07) is 5.05. The summed E-state index contributed by atoms with van der Waals surface area (Å²) in [5, 5.41) is 0.119. The standard InChI is InChI=1S/C15H17ClFN3/c1-2-12(18)6-10-8-19-14(20-9-10)7-11-4-3-5-13(16)15(11)17/h3-5,8-9,12H,2,6-7,18H2,1H3. The van der Waals surface area contributed by atoms with Crippen molar-refractivity contribution in [3.05, 3.63) is 58.4 Å². The number of hydrogen-bond acceptors (Lipinski definition) is 3. The van der Waals surface area contributed by atoms with Crippen LogP contribution in [0.4, 0.5) is 4.39 Å². The Morgan fingerprint density at radius 3 is 2.65 bits per heavy atom. The van der Waals surface area contributed by atoms with E-state index in [0.29, 0.717) is 17.8 Å². The van der Waals surface area contributed by atoms with Crippen molar-refractivity contribution >= 4 is 11.6 Å². The molecule has 1 heterocycles. The first kappa shape index (κ1) is 14.9. The van der Waals surface area contributed by atoms with Crippen LogP contribution >= 0.6 is 11.6 Å². The molecular weight excluding hydrogens is 277 g/mol. The average molecular weight is 294 g/mol. The molecule has 0 fully saturated rings. The molecule has 2 N–H and O–H groups in total. The topological polar surface area (TPSA) is 51.8 Å². The summed E-state index contributed by atoms with van der Waals surface area (Å²) >= 11 is 5.75. The number of nitrogens with two attached hydrogens (primary N) is 1. The largest absolute Gasteiger partial charge is 0.327 e. The normalized spacial score (nSPS) is 12.4. The van der Waals surface area contributed by atoms with Crippen LogP contribution in [0, 0.1) is 5.82 Å². The van der Waals surface area contributed by atoms with Crippen LogP contribution in [0.5, 0.6) is 0 Å². The lowest BCUT2D eigenvalue weighted by molar-refractivity contribution is 0.612. The van der Waals surface area contributed by atoms with Gasteiger partial charge in [-0.1, -0.05) is 30.7 Å². The highest BCUT2D eigenvalue weighted by Gasteiger charge is 2.09. The molecule has 1 aromatic heterocycles. The van der Waals surface area contributed by atoms with Gasteiger partial charge in [0.2, 0.25) is 0 Å².